The van der Waals surface area contributed by atoms with E-state index in [-0.39, 0.29) is 5.54 Å². The highest BCUT2D eigenvalue weighted by Gasteiger charge is 2.16. The number of aryl methyl sites for hydroxylation is 2. The molecule has 0 bridgehead atoms. The van der Waals surface area contributed by atoms with Crippen molar-refractivity contribution >= 4 is 0 Å². The molecule has 0 unspecified atom stereocenters. The maximum Gasteiger partial charge on any atom is 0.125 e. The van der Waals surface area contributed by atoms with Gasteiger partial charge in [0.05, 0.1) is 11.2 Å². The molecule has 3 nitrogen and oxygen atoms in total. The summed E-state index contributed by atoms with van der Waals surface area (Å²) in [5.41, 5.74) is 7.39. The lowest BCUT2D eigenvalue weighted by Crippen LogP contribution is -2.30. The molecular weight excluding hydrogens is 150 g/mol. The average molecular weight is 165 g/mol. The summed E-state index contributed by atoms with van der Waals surface area (Å²) in [6, 6.07) is 1.92. The molecule has 0 spiro atoms. The van der Waals surface area contributed by atoms with Crippen LogP contribution >= 0.6 is 0 Å². The third kappa shape index (κ3) is 2.01. The number of nitrogens with zero attached hydrogens (tertiary/aromatic N) is 2. The van der Waals surface area contributed by atoms with Crippen molar-refractivity contribution in [1.29, 1.82) is 0 Å². The Balaban J connectivity index is 3.18. The Morgan fingerprint density at radius 2 is 1.83 bits per heavy atom. The predicted octanol–water partition coefficient (Wildman–Crippen LogP) is 1.29. The average Bonchev–Trinajstić information content (AvgIpc) is 1.82. The summed E-state index contributed by atoms with van der Waals surface area (Å²) in [7, 11) is 0. The second-order valence-electron chi connectivity index (χ2n) is 3.66. The first-order chi connectivity index (χ1) is 5.39. The maximum atomic E-state index is 5.90. The molecule has 1 aromatic rings. The lowest BCUT2D eigenvalue weighted by atomic mass is 10.0. The van der Waals surface area contributed by atoms with Crippen molar-refractivity contribution in [1.82, 2.24) is 9.97 Å². The van der Waals surface area contributed by atoms with Gasteiger partial charge in [0.25, 0.3) is 0 Å². The quantitative estimate of drug-likeness (QED) is 0.682. The summed E-state index contributed by atoms with van der Waals surface area (Å²) in [5.74, 6) is 0.781. The van der Waals surface area contributed by atoms with Crippen molar-refractivity contribution in [3.63, 3.8) is 0 Å². The number of nitrogens with two attached hydrogens (primary N) is 1. The van der Waals surface area contributed by atoms with Gasteiger partial charge in [-0.1, -0.05) is 0 Å². The molecule has 0 saturated carbocycles. The number of rotatable bonds is 1. The number of hydrogen-bond donors (Lipinski definition) is 1. The lowest BCUT2D eigenvalue weighted by molar-refractivity contribution is 0.530. The Hall–Kier alpha value is -0.960. The number of hydrogen-bond acceptors (Lipinski definition) is 3. The fourth-order valence-corrected chi connectivity index (χ4v) is 1.05. The molecule has 2 N–H and O–H groups in total. The Kier molecular flexibility index (Phi) is 2.15. The Morgan fingerprint density at radius 3 is 2.25 bits per heavy atom. The SMILES string of the molecule is Cc1cc(C(C)(C)N)nc(C)n1. The van der Waals surface area contributed by atoms with E-state index >= 15 is 0 Å². The number of aromatic nitrogens is 2. The standard InChI is InChI=1S/C9H15N3/c1-6-5-8(9(3,4)10)12-7(2)11-6/h5H,10H2,1-4H3. The zero-order chi connectivity index (χ0) is 9.35. The van der Waals surface area contributed by atoms with Crippen molar-refractivity contribution < 1.29 is 0 Å². The molecule has 0 amide bonds. The predicted molar refractivity (Wildman–Crippen MR) is 48.7 cm³/mol. The van der Waals surface area contributed by atoms with Gasteiger partial charge in [-0.3, -0.25) is 0 Å². The van der Waals surface area contributed by atoms with Crippen molar-refractivity contribution in [3.8, 4) is 0 Å². The third-order valence-electron chi connectivity index (χ3n) is 1.63. The van der Waals surface area contributed by atoms with Gasteiger partial charge in [0.1, 0.15) is 5.82 Å². The molecule has 66 valence electrons. The van der Waals surface area contributed by atoms with Crippen molar-refractivity contribution in [2.24, 2.45) is 5.73 Å². The van der Waals surface area contributed by atoms with Crippen LogP contribution in [0.1, 0.15) is 31.1 Å². The van der Waals surface area contributed by atoms with Gasteiger partial charge in [-0.05, 0) is 33.8 Å². The Bertz CT molecular complexity index is 266. The van der Waals surface area contributed by atoms with Gasteiger partial charge >= 0.3 is 0 Å². The van der Waals surface area contributed by atoms with Crippen LogP contribution in [0.2, 0.25) is 0 Å². The van der Waals surface area contributed by atoms with Crippen LogP contribution in [0.5, 0.6) is 0 Å². The maximum absolute atomic E-state index is 5.90. The molecule has 1 heterocycles. The van der Waals surface area contributed by atoms with E-state index in [1.807, 2.05) is 33.8 Å². The van der Waals surface area contributed by atoms with E-state index in [4.69, 9.17) is 5.73 Å². The highest BCUT2D eigenvalue weighted by molar-refractivity contribution is 5.16. The van der Waals surface area contributed by atoms with Gasteiger partial charge in [0.15, 0.2) is 0 Å². The van der Waals surface area contributed by atoms with Crippen LogP contribution in [-0.2, 0) is 5.54 Å². The van der Waals surface area contributed by atoms with Crippen molar-refractivity contribution in [2.75, 3.05) is 0 Å². The van der Waals surface area contributed by atoms with Crippen LogP contribution < -0.4 is 5.73 Å². The second kappa shape index (κ2) is 2.83. The van der Waals surface area contributed by atoms with E-state index in [0.29, 0.717) is 0 Å². The van der Waals surface area contributed by atoms with Crippen LogP contribution in [0.4, 0.5) is 0 Å². The minimum Gasteiger partial charge on any atom is -0.321 e. The largest absolute Gasteiger partial charge is 0.321 e. The normalized spacial score (nSPS) is 11.8. The molecule has 0 saturated heterocycles. The summed E-state index contributed by atoms with van der Waals surface area (Å²) in [6.07, 6.45) is 0. The molecule has 0 fully saturated rings. The van der Waals surface area contributed by atoms with Gasteiger partial charge in [0, 0.05) is 5.69 Å². The first-order valence-corrected chi connectivity index (χ1v) is 4.01. The Labute approximate surface area is 73.0 Å². The third-order valence-corrected chi connectivity index (χ3v) is 1.63. The minimum atomic E-state index is -0.377. The lowest BCUT2D eigenvalue weighted by Gasteiger charge is -2.18. The molecule has 3 heteroatoms. The Morgan fingerprint density at radius 1 is 1.25 bits per heavy atom. The summed E-state index contributed by atoms with van der Waals surface area (Å²) >= 11 is 0. The van der Waals surface area contributed by atoms with Crippen molar-refractivity contribution in [3.05, 3.63) is 23.3 Å². The topological polar surface area (TPSA) is 51.8 Å². The summed E-state index contributed by atoms with van der Waals surface area (Å²) in [5, 5.41) is 0. The highest BCUT2D eigenvalue weighted by atomic mass is 14.9. The monoisotopic (exact) mass is 165 g/mol. The van der Waals surface area contributed by atoms with E-state index in [1.54, 1.807) is 0 Å². The molecule has 0 aliphatic heterocycles. The molecule has 12 heavy (non-hydrogen) atoms. The molecule has 1 rings (SSSR count). The summed E-state index contributed by atoms with van der Waals surface area (Å²) in [4.78, 5) is 8.45. The molecular formula is C9H15N3. The van der Waals surface area contributed by atoms with Crippen LogP contribution in [0.3, 0.4) is 0 Å². The van der Waals surface area contributed by atoms with Gasteiger partial charge in [-0.15, -0.1) is 0 Å². The van der Waals surface area contributed by atoms with E-state index in [1.165, 1.54) is 0 Å². The summed E-state index contributed by atoms with van der Waals surface area (Å²) in [6.45, 7) is 7.70. The van der Waals surface area contributed by atoms with E-state index in [9.17, 15) is 0 Å². The first-order valence-electron chi connectivity index (χ1n) is 4.01. The minimum absolute atomic E-state index is 0.377. The van der Waals surface area contributed by atoms with Crippen LogP contribution in [-0.4, -0.2) is 9.97 Å². The second-order valence-corrected chi connectivity index (χ2v) is 3.66. The van der Waals surface area contributed by atoms with Gasteiger partial charge in [-0.2, -0.15) is 0 Å². The molecule has 0 aromatic carbocycles. The van der Waals surface area contributed by atoms with Gasteiger partial charge in [0.2, 0.25) is 0 Å². The molecule has 0 aliphatic rings. The fraction of sp³-hybridized carbons (Fsp3) is 0.556. The van der Waals surface area contributed by atoms with E-state index < -0.39 is 0 Å². The molecule has 0 aliphatic carbocycles. The van der Waals surface area contributed by atoms with E-state index in [0.717, 1.165) is 17.2 Å². The van der Waals surface area contributed by atoms with Crippen LogP contribution in [0.25, 0.3) is 0 Å². The highest BCUT2D eigenvalue weighted by Crippen LogP contribution is 2.14. The van der Waals surface area contributed by atoms with Crippen LogP contribution in [0.15, 0.2) is 6.07 Å². The van der Waals surface area contributed by atoms with Crippen molar-refractivity contribution in [2.45, 2.75) is 33.2 Å². The molecule has 0 atom stereocenters. The van der Waals surface area contributed by atoms with Gasteiger partial charge < -0.3 is 5.73 Å². The van der Waals surface area contributed by atoms with Gasteiger partial charge in [-0.25, -0.2) is 9.97 Å². The van der Waals surface area contributed by atoms with E-state index in [2.05, 4.69) is 9.97 Å². The van der Waals surface area contributed by atoms with Crippen LogP contribution in [0, 0.1) is 13.8 Å². The zero-order valence-corrected chi connectivity index (χ0v) is 8.05. The molecule has 0 radical (unpaired) electrons. The summed E-state index contributed by atoms with van der Waals surface area (Å²) < 4.78 is 0. The first kappa shape index (κ1) is 9.13. The smallest absolute Gasteiger partial charge is 0.125 e. The fourth-order valence-electron chi connectivity index (χ4n) is 1.05. The zero-order valence-electron chi connectivity index (χ0n) is 8.05. The molecule has 1 aromatic heterocycles.